The molecule has 1 aliphatic rings. The smallest absolute Gasteiger partial charge is 0.308 e. The van der Waals surface area contributed by atoms with Crippen LogP contribution in [-0.4, -0.2) is 86.8 Å². The van der Waals surface area contributed by atoms with E-state index in [1.807, 2.05) is 0 Å². The van der Waals surface area contributed by atoms with Gasteiger partial charge in [0, 0.05) is 32.8 Å². The van der Waals surface area contributed by atoms with E-state index in [1.165, 1.54) is 103 Å². The molecule has 8 heteroatoms. The van der Waals surface area contributed by atoms with Crippen LogP contribution in [0.1, 0.15) is 220 Å². The zero-order chi connectivity index (χ0) is 40.7. The average molecular weight is 796 g/mol. The van der Waals surface area contributed by atoms with Crippen LogP contribution >= 0.6 is 0 Å². The van der Waals surface area contributed by atoms with Crippen LogP contribution in [0.3, 0.4) is 0 Å². The molecule has 8 nitrogen and oxygen atoms in total. The molecule has 332 valence electrons. The van der Waals surface area contributed by atoms with Crippen molar-refractivity contribution in [3.8, 4) is 0 Å². The van der Waals surface area contributed by atoms with E-state index in [2.05, 4.69) is 32.6 Å². The first-order valence-corrected chi connectivity index (χ1v) is 24.4. The van der Waals surface area contributed by atoms with Gasteiger partial charge in [-0.3, -0.25) is 14.5 Å². The Balaban J connectivity index is 2.32. The Kier molecular flexibility index (Phi) is 37.0. The fraction of sp³-hybridized carbons (Fsp3) is 0.958. The molecular weight excluding hydrogens is 703 g/mol. The van der Waals surface area contributed by atoms with Gasteiger partial charge in [-0.25, -0.2) is 0 Å². The van der Waals surface area contributed by atoms with Gasteiger partial charge in [0.2, 0.25) is 0 Å². The molecule has 1 saturated heterocycles. The summed E-state index contributed by atoms with van der Waals surface area (Å²) in [5.41, 5.74) is 0. The molecule has 0 amide bonds. The molecule has 0 aliphatic carbocycles. The highest BCUT2D eigenvalue weighted by atomic mass is 16.5. The van der Waals surface area contributed by atoms with Crippen molar-refractivity contribution in [1.29, 1.82) is 0 Å². The molecule has 0 aromatic carbocycles. The van der Waals surface area contributed by atoms with Gasteiger partial charge < -0.3 is 24.1 Å². The van der Waals surface area contributed by atoms with Gasteiger partial charge in [-0.05, 0) is 64.2 Å². The van der Waals surface area contributed by atoms with Gasteiger partial charge in [0.25, 0.3) is 0 Å². The van der Waals surface area contributed by atoms with Crippen LogP contribution in [-0.2, 0) is 28.5 Å². The van der Waals surface area contributed by atoms with Crippen molar-refractivity contribution in [2.45, 2.75) is 233 Å². The van der Waals surface area contributed by atoms with E-state index in [1.54, 1.807) is 0 Å². The molecule has 0 saturated carbocycles. The third-order valence-electron chi connectivity index (χ3n) is 11.7. The lowest BCUT2D eigenvalue weighted by Crippen LogP contribution is -2.30. The number of β-amino-alcohol motifs (C(OH)–C–C–N with tert-alkyl or cyclic N) is 1. The summed E-state index contributed by atoms with van der Waals surface area (Å²) in [5.74, 6) is 0.148. The normalized spacial score (nSPS) is 17.0. The molecule has 0 bridgehead atoms. The summed E-state index contributed by atoms with van der Waals surface area (Å²) in [5, 5.41) is 9.54. The molecule has 0 aromatic rings. The number of aliphatic hydroxyl groups is 1. The van der Waals surface area contributed by atoms with Crippen LogP contribution in [0.25, 0.3) is 0 Å². The summed E-state index contributed by atoms with van der Waals surface area (Å²) in [6.07, 6.45) is 34.0. The van der Waals surface area contributed by atoms with Gasteiger partial charge >= 0.3 is 11.9 Å². The molecule has 0 radical (unpaired) electrons. The number of unbranched alkanes of at least 4 members (excludes halogenated alkanes) is 20. The van der Waals surface area contributed by atoms with Crippen molar-refractivity contribution in [3.05, 3.63) is 0 Å². The predicted octanol–water partition coefficient (Wildman–Crippen LogP) is 12.2. The highest BCUT2D eigenvalue weighted by Gasteiger charge is 2.34. The Bertz CT molecular complexity index is 806. The first-order valence-electron chi connectivity index (χ1n) is 24.4. The lowest BCUT2D eigenvalue weighted by molar-refractivity contribution is -0.150. The SMILES string of the molecule is CCCCCCCCC(CCCCCC)C(=O)OCCCCCO[C@H]1CN(CCO)C[C@H]1OCCCCCOC(=O)C(CCCCCC)CCCCCCCC. The van der Waals surface area contributed by atoms with E-state index < -0.39 is 0 Å². The number of aliphatic hydroxyl groups excluding tert-OH is 1. The fourth-order valence-corrected chi connectivity index (χ4v) is 8.01. The van der Waals surface area contributed by atoms with Crippen LogP contribution in [0.15, 0.2) is 0 Å². The molecule has 0 spiro atoms. The van der Waals surface area contributed by atoms with E-state index in [0.717, 1.165) is 103 Å². The van der Waals surface area contributed by atoms with Crippen molar-refractivity contribution in [2.75, 3.05) is 52.7 Å². The maximum atomic E-state index is 13.0. The molecule has 1 rings (SSSR count). The minimum atomic E-state index is -0.00308. The number of esters is 2. The summed E-state index contributed by atoms with van der Waals surface area (Å²) in [4.78, 5) is 28.2. The number of hydrogen-bond acceptors (Lipinski definition) is 8. The third kappa shape index (κ3) is 29.1. The van der Waals surface area contributed by atoms with Crippen LogP contribution < -0.4 is 0 Å². The van der Waals surface area contributed by atoms with E-state index in [-0.39, 0.29) is 42.6 Å². The topological polar surface area (TPSA) is 94.5 Å². The summed E-state index contributed by atoms with van der Waals surface area (Å²) in [6.45, 7) is 13.6. The zero-order valence-electron chi connectivity index (χ0n) is 37.5. The van der Waals surface area contributed by atoms with Crippen LogP contribution in [0.2, 0.25) is 0 Å². The van der Waals surface area contributed by atoms with E-state index in [9.17, 15) is 14.7 Å². The molecule has 2 unspecified atom stereocenters. The molecule has 1 heterocycles. The van der Waals surface area contributed by atoms with Gasteiger partial charge in [0.1, 0.15) is 0 Å². The lowest BCUT2D eigenvalue weighted by Gasteiger charge is -2.20. The average Bonchev–Trinajstić information content (AvgIpc) is 3.58. The number of nitrogens with zero attached hydrogens (tertiary/aromatic N) is 1. The lowest BCUT2D eigenvalue weighted by atomic mass is 9.94. The number of rotatable bonds is 42. The number of carbonyl (C=O) groups excluding carboxylic acids is 2. The second-order valence-corrected chi connectivity index (χ2v) is 17.0. The number of hydrogen-bond donors (Lipinski definition) is 1. The van der Waals surface area contributed by atoms with Crippen molar-refractivity contribution in [1.82, 2.24) is 4.90 Å². The first-order chi connectivity index (χ1) is 27.5. The fourth-order valence-electron chi connectivity index (χ4n) is 8.01. The Morgan fingerprint density at radius 3 is 1.12 bits per heavy atom. The minimum absolute atomic E-state index is 0.00308. The Labute approximate surface area is 346 Å². The molecular formula is C48H93NO7. The Hall–Kier alpha value is -1.22. The molecule has 1 aliphatic heterocycles. The summed E-state index contributed by atoms with van der Waals surface area (Å²) in [7, 11) is 0. The highest BCUT2D eigenvalue weighted by Crippen LogP contribution is 2.23. The standard InChI is InChI=1S/C48H93NO7/c1-5-9-13-17-19-25-33-43(31-23-15-11-7-3)47(51)55-39-29-21-27-37-53-45-41-49(35-36-50)42-46(45)54-38-28-22-30-40-56-48(52)44(32-24-16-12-8-4)34-26-20-18-14-10-6-2/h43-46,50H,5-42H2,1-4H3/t43?,44?,45-,46+. The van der Waals surface area contributed by atoms with E-state index in [0.29, 0.717) is 33.0 Å². The zero-order valence-corrected chi connectivity index (χ0v) is 37.5. The van der Waals surface area contributed by atoms with Gasteiger partial charge in [-0.2, -0.15) is 0 Å². The van der Waals surface area contributed by atoms with Gasteiger partial charge in [-0.15, -0.1) is 0 Å². The van der Waals surface area contributed by atoms with Gasteiger partial charge in [-0.1, -0.05) is 156 Å². The number of ether oxygens (including phenoxy) is 4. The predicted molar refractivity (Wildman–Crippen MR) is 233 cm³/mol. The maximum Gasteiger partial charge on any atom is 0.308 e. The first kappa shape index (κ1) is 52.8. The molecule has 0 aromatic heterocycles. The van der Waals surface area contributed by atoms with Crippen molar-refractivity contribution < 1.29 is 33.6 Å². The highest BCUT2D eigenvalue weighted by molar-refractivity contribution is 5.72. The third-order valence-corrected chi connectivity index (χ3v) is 11.7. The number of carbonyl (C=O) groups is 2. The minimum Gasteiger partial charge on any atom is -0.465 e. The second kappa shape index (κ2) is 39.3. The molecule has 4 atom stereocenters. The summed E-state index contributed by atoms with van der Waals surface area (Å²) >= 11 is 0. The maximum absolute atomic E-state index is 13.0. The quantitative estimate of drug-likeness (QED) is 0.0482. The molecule has 1 N–H and O–H groups in total. The largest absolute Gasteiger partial charge is 0.465 e. The Morgan fingerprint density at radius 1 is 0.464 bits per heavy atom. The van der Waals surface area contributed by atoms with Crippen molar-refractivity contribution in [3.63, 3.8) is 0 Å². The van der Waals surface area contributed by atoms with Gasteiger partial charge in [0.15, 0.2) is 0 Å². The van der Waals surface area contributed by atoms with Crippen LogP contribution in [0.4, 0.5) is 0 Å². The van der Waals surface area contributed by atoms with Gasteiger partial charge in [0.05, 0.1) is 43.9 Å². The summed E-state index contributed by atoms with van der Waals surface area (Å²) < 4.78 is 24.2. The van der Waals surface area contributed by atoms with Crippen molar-refractivity contribution in [2.24, 2.45) is 11.8 Å². The van der Waals surface area contributed by atoms with E-state index in [4.69, 9.17) is 18.9 Å². The van der Waals surface area contributed by atoms with Crippen LogP contribution in [0, 0.1) is 11.8 Å². The second-order valence-electron chi connectivity index (χ2n) is 17.0. The molecule has 1 fully saturated rings. The summed E-state index contributed by atoms with van der Waals surface area (Å²) in [6, 6.07) is 0. The van der Waals surface area contributed by atoms with Crippen molar-refractivity contribution >= 4 is 11.9 Å². The molecule has 56 heavy (non-hydrogen) atoms. The number of likely N-dealkylation sites (tertiary alicyclic amines) is 1. The van der Waals surface area contributed by atoms with Crippen LogP contribution in [0.5, 0.6) is 0 Å². The monoisotopic (exact) mass is 796 g/mol. The Morgan fingerprint density at radius 2 is 0.768 bits per heavy atom. The van der Waals surface area contributed by atoms with E-state index >= 15 is 0 Å².